The van der Waals surface area contributed by atoms with Crippen LogP contribution in [0.15, 0.2) is 60.2 Å². The van der Waals surface area contributed by atoms with Crippen molar-refractivity contribution in [2.24, 2.45) is 5.92 Å². The number of amides is 1. The summed E-state index contributed by atoms with van der Waals surface area (Å²) in [6.45, 7) is 2.96. The zero-order chi connectivity index (χ0) is 20.6. The first-order valence-corrected chi connectivity index (χ1v) is 9.43. The Morgan fingerprint density at radius 1 is 1.28 bits per heavy atom. The molecule has 3 N–H and O–H groups in total. The zero-order valence-electron chi connectivity index (χ0n) is 16.4. The van der Waals surface area contributed by atoms with Crippen LogP contribution in [0.5, 0.6) is 11.5 Å². The second-order valence-electron chi connectivity index (χ2n) is 6.52. The molecule has 0 radical (unpaired) electrons. The van der Waals surface area contributed by atoms with Gasteiger partial charge >= 0.3 is 0 Å². The highest BCUT2D eigenvalue weighted by Crippen LogP contribution is 2.29. The maximum Gasteiger partial charge on any atom is 0.266 e. The van der Waals surface area contributed by atoms with Crippen LogP contribution >= 0.6 is 0 Å². The van der Waals surface area contributed by atoms with Gasteiger partial charge in [0, 0.05) is 12.5 Å². The second kappa shape index (κ2) is 9.73. The van der Waals surface area contributed by atoms with E-state index in [1.807, 2.05) is 43.3 Å². The van der Waals surface area contributed by atoms with Crippen LogP contribution in [0, 0.1) is 17.2 Å². The average molecular weight is 392 g/mol. The van der Waals surface area contributed by atoms with Gasteiger partial charge in [-0.05, 0) is 36.8 Å². The Labute approximate surface area is 170 Å². The number of ether oxygens (including phenoxy) is 2. The van der Waals surface area contributed by atoms with E-state index in [9.17, 15) is 10.1 Å². The SMILES string of the molecule is CCOc1ccccc1NC(=O)/C(C#N)=C/C1CNNC1c1ccc(OC)cc1. The van der Waals surface area contributed by atoms with Gasteiger partial charge in [-0.2, -0.15) is 5.26 Å². The molecule has 2 unspecified atom stereocenters. The Bertz CT molecular complexity index is 918. The first-order chi connectivity index (χ1) is 14.2. The van der Waals surface area contributed by atoms with E-state index in [-0.39, 0.29) is 17.5 Å². The summed E-state index contributed by atoms with van der Waals surface area (Å²) in [6.07, 6.45) is 1.71. The van der Waals surface area contributed by atoms with Gasteiger partial charge in [-0.1, -0.05) is 30.3 Å². The molecule has 0 spiro atoms. The van der Waals surface area contributed by atoms with Crippen molar-refractivity contribution in [2.45, 2.75) is 13.0 Å². The third kappa shape index (κ3) is 4.93. The van der Waals surface area contributed by atoms with Crippen molar-refractivity contribution in [3.05, 3.63) is 65.7 Å². The highest BCUT2D eigenvalue weighted by molar-refractivity contribution is 6.07. The van der Waals surface area contributed by atoms with E-state index in [0.717, 1.165) is 11.3 Å². The van der Waals surface area contributed by atoms with Crippen LogP contribution in [0.4, 0.5) is 5.69 Å². The molecule has 2 aromatic carbocycles. The van der Waals surface area contributed by atoms with Crippen LogP contribution in [0.1, 0.15) is 18.5 Å². The quantitative estimate of drug-likeness (QED) is 0.495. The number of carbonyl (C=O) groups excluding carboxylic acids is 1. The first kappa shape index (κ1) is 20.4. The number of nitrogens with zero attached hydrogens (tertiary/aromatic N) is 1. The number of carbonyl (C=O) groups is 1. The fraction of sp³-hybridized carbons (Fsp3) is 0.273. The number of anilines is 1. The van der Waals surface area contributed by atoms with Crippen molar-refractivity contribution in [2.75, 3.05) is 25.6 Å². The van der Waals surface area contributed by atoms with Crippen molar-refractivity contribution in [1.82, 2.24) is 10.9 Å². The van der Waals surface area contributed by atoms with Crippen molar-refractivity contribution >= 4 is 11.6 Å². The lowest BCUT2D eigenvalue weighted by molar-refractivity contribution is -0.112. The fourth-order valence-corrected chi connectivity index (χ4v) is 3.23. The van der Waals surface area contributed by atoms with Crippen LogP contribution < -0.4 is 25.6 Å². The number of rotatable bonds is 7. The molecule has 1 aliphatic heterocycles. The molecule has 1 saturated heterocycles. The van der Waals surface area contributed by atoms with Crippen molar-refractivity contribution in [3.8, 4) is 17.6 Å². The Morgan fingerprint density at radius 3 is 2.72 bits per heavy atom. The predicted molar refractivity (Wildman–Crippen MR) is 110 cm³/mol. The molecule has 7 heteroatoms. The summed E-state index contributed by atoms with van der Waals surface area (Å²) in [5.74, 6) is 0.823. The van der Waals surface area contributed by atoms with E-state index in [2.05, 4.69) is 16.2 Å². The van der Waals surface area contributed by atoms with Gasteiger partial charge in [0.25, 0.3) is 5.91 Å². The molecule has 3 rings (SSSR count). The minimum absolute atomic E-state index is 0.0605. The summed E-state index contributed by atoms with van der Waals surface area (Å²) in [5, 5.41) is 12.3. The van der Waals surface area contributed by atoms with Crippen LogP contribution in [0.2, 0.25) is 0 Å². The Kier molecular flexibility index (Phi) is 6.85. The van der Waals surface area contributed by atoms with Gasteiger partial charge in [0.2, 0.25) is 0 Å². The lowest BCUT2D eigenvalue weighted by Gasteiger charge is -2.17. The van der Waals surface area contributed by atoms with E-state index in [1.165, 1.54) is 0 Å². The van der Waals surface area contributed by atoms with E-state index < -0.39 is 5.91 Å². The summed E-state index contributed by atoms with van der Waals surface area (Å²) in [6, 6.07) is 16.8. The maximum absolute atomic E-state index is 12.7. The molecule has 150 valence electrons. The molecular formula is C22H24N4O3. The third-order valence-corrected chi connectivity index (χ3v) is 4.68. The molecule has 7 nitrogen and oxygen atoms in total. The number of nitriles is 1. The summed E-state index contributed by atoms with van der Waals surface area (Å²) in [5.41, 5.74) is 7.95. The summed E-state index contributed by atoms with van der Waals surface area (Å²) in [7, 11) is 1.62. The molecule has 0 aromatic heterocycles. The third-order valence-electron chi connectivity index (χ3n) is 4.68. The highest BCUT2D eigenvalue weighted by atomic mass is 16.5. The molecule has 0 bridgehead atoms. The Morgan fingerprint density at radius 2 is 2.03 bits per heavy atom. The molecule has 1 amide bonds. The number of para-hydroxylation sites is 2. The Balaban J connectivity index is 1.77. The second-order valence-corrected chi connectivity index (χ2v) is 6.52. The summed E-state index contributed by atoms with van der Waals surface area (Å²) < 4.78 is 10.7. The lowest BCUT2D eigenvalue weighted by Crippen LogP contribution is -2.25. The smallest absolute Gasteiger partial charge is 0.266 e. The van der Waals surface area contributed by atoms with E-state index in [1.54, 1.807) is 31.4 Å². The molecule has 1 aliphatic rings. The number of hydrazine groups is 1. The minimum atomic E-state index is -0.458. The maximum atomic E-state index is 12.7. The number of nitrogens with one attached hydrogen (secondary N) is 3. The van der Waals surface area contributed by atoms with Gasteiger partial charge in [-0.25, -0.2) is 5.43 Å². The highest BCUT2D eigenvalue weighted by Gasteiger charge is 2.28. The number of benzene rings is 2. The molecule has 1 fully saturated rings. The normalized spacial score (nSPS) is 18.7. The van der Waals surface area contributed by atoms with E-state index in [4.69, 9.17) is 9.47 Å². The van der Waals surface area contributed by atoms with E-state index >= 15 is 0 Å². The van der Waals surface area contributed by atoms with Crippen LogP contribution in [0.25, 0.3) is 0 Å². The van der Waals surface area contributed by atoms with Crippen molar-refractivity contribution in [1.29, 1.82) is 5.26 Å². The molecule has 2 aromatic rings. The molecule has 0 aliphatic carbocycles. The topological polar surface area (TPSA) is 95.4 Å². The van der Waals surface area contributed by atoms with Crippen molar-refractivity contribution < 1.29 is 14.3 Å². The van der Waals surface area contributed by atoms with Crippen LogP contribution in [-0.4, -0.2) is 26.2 Å². The molecular weight excluding hydrogens is 368 g/mol. The molecule has 0 saturated carbocycles. The van der Waals surface area contributed by atoms with Gasteiger partial charge in [0.15, 0.2) is 0 Å². The summed E-state index contributed by atoms with van der Waals surface area (Å²) in [4.78, 5) is 12.7. The van der Waals surface area contributed by atoms with Gasteiger partial charge in [-0.3, -0.25) is 10.2 Å². The average Bonchev–Trinajstić information content (AvgIpc) is 3.21. The van der Waals surface area contributed by atoms with Crippen LogP contribution in [-0.2, 0) is 4.79 Å². The Hall–Kier alpha value is -3.34. The van der Waals surface area contributed by atoms with Crippen molar-refractivity contribution in [3.63, 3.8) is 0 Å². The molecule has 29 heavy (non-hydrogen) atoms. The fourth-order valence-electron chi connectivity index (χ4n) is 3.23. The summed E-state index contributed by atoms with van der Waals surface area (Å²) >= 11 is 0. The van der Waals surface area contributed by atoms with Gasteiger partial charge in [0.1, 0.15) is 23.1 Å². The minimum Gasteiger partial charge on any atom is -0.497 e. The van der Waals surface area contributed by atoms with Gasteiger partial charge in [0.05, 0.1) is 25.4 Å². The monoisotopic (exact) mass is 392 g/mol. The largest absolute Gasteiger partial charge is 0.497 e. The predicted octanol–water partition coefficient (Wildman–Crippen LogP) is 2.95. The van der Waals surface area contributed by atoms with E-state index in [0.29, 0.717) is 24.6 Å². The standard InChI is InChI=1S/C22H24N4O3/c1-3-29-20-7-5-4-6-19(20)25-22(27)16(13-23)12-17-14-24-26-21(17)15-8-10-18(28-2)11-9-15/h4-12,17,21,24,26H,3,14H2,1-2H3,(H,25,27)/b16-12+. The number of hydrogen-bond acceptors (Lipinski definition) is 6. The zero-order valence-corrected chi connectivity index (χ0v) is 16.4. The molecule has 2 atom stereocenters. The number of hydrogen-bond donors (Lipinski definition) is 3. The van der Waals surface area contributed by atoms with Gasteiger partial charge in [-0.15, -0.1) is 0 Å². The lowest BCUT2D eigenvalue weighted by atomic mass is 9.93. The number of methoxy groups -OCH3 is 1. The van der Waals surface area contributed by atoms with Gasteiger partial charge < -0.3 is 14.8 Å². The van der Waals surface area contributed by atoms with Crippen LogP contribution in [0.3, 0.4) is 0 Å². The first-order valence-electron chi connectivity index (χ1n) is 9.43. The molecule has 1 heterocycles.